The van der Waals surface area contributed by atoms with Crippen molar-refractivity contribution in [2.75, 3.05) is 13.1 Å². The van der Waals surface area contributed by atoms with Gasteiger partial charge in [-0.3, -0.25) is 19.5 Å². The number of hydrogen-bond donors (Lipinski definition) is 2. The molecule has 1 saturated heterocycles. The van der Waals surface area contributed by atoms with Gasteiger partial charge in [0.15, 0.2) is 0 Å². The predicted molar refractivity (Wildman–Crippen MR) is 116 cm³/mol. The quantitative estimate of drug-likeness (QED) is 0.608. The number of hydrogen-bond acceptors (Lipinski definition) is 6. The van der Waals surface area contributed by atoms with Gasteiger partial charge in [-0.1, -0.05) is 6.92 Å². The lowest BCUT2D eigenvalue weighted by Gasteiger charge is -2.38. The Balaban J connectivity index is 1.14. The molecule has 2 fully saturated rings. The number of aryl methyl sites for hydroxylation is 1. The van der Waals surface area contributed by atoms with E-state index in [9.17, 15) is 9.59 Å². The number of pyridine rings is 3. The smallest absolute Gasteiger partial charge is 0.270 e. The van der Waals surface area contributed by atoms with Crippen LogP contribution in [0.4, 0.5) is 0 Å². The fourth-order valence-electron chi connectivity index (χ4n) is 3.76. The Labute approximate surface area is 179 Å². The molecule has 2 N–H and O–H groups in total. The van der Waals surface area contributed by atoms with Crippen LogP contribution >= 0.6 is 0 Å². The number of rotatable bonds is 7. The maximum absolute atomic E-state index is 12.1. The van der Waals surface area contributed by atoms with Gasteiger partial charge in [-0.25, -0.2) is 4.98 Å². The lowest BCUT2D eigenvalue weighted by Crippen LogP contribution is -2.53. The number of aromatic amines is 1. The van der Waals surface area contributed by atoms with E-state index in [1.54, 1.807) is 18.3 Å². The molecule has 1 aliphatic heterocycles. The monoisotopic (exact) mass is 419 g/mol. The highest BCUT2D eigenvalue weighted by Crippen LogP contribution is 2.22. The summed E-state index contributed by atoms with van der Waals surface area (Å²) in [5.41, 5.74) is 3.76. The van der Waals surface area contributed by atoms with Crippen LogP contribution < -0.4 is 15.6 Å². The molecule has 0 unspecified atom stereocenters. The molecular weight excluding hydrogens is 394 g/mol. The van der Waals surface area contributed by atoms with Crippen LogP contribution in [0.25, 0.3) is 11.0 Å². The van der Waals surface area contributed by atoms with Gasteiger partial charge in [-0.2, -0.15) is 0 Å². The third kappa shape index (κ3) is 4.44. The average molecular weight is 419 g/mol. The van der Waals surface area contributed by atoms with E-state index in [4.69, 9.17) is 4.74 Å². The summed E-state index contributed by atoms with van der Waals surface area (Å²) in [4.78, 5) is 38.0. The minimum absolute atomic E-state index is 0.0454. The van der Waals surface area contributed by atoms with Gasteiger partial charge in [-0.05, 0) is 49.1 Å². The number of H-pyrrole nitrogens is 1. The van der Waals surface area contributed by atoms with E-state index in [-0.39, 0.29) is 17.6 Å². The Morgan fingerprint density at radius 1 is 1.23 bits per heavy atom. The average Bonchev–Trinajstić information content (AvgIpc) is 3.56. The second-order valence-electron chi connectivity index (χ2n) is 8.31. The summed E-state index contributed by atoms with van der Waals surface area (Å²) in [6.07, 6.45) is 6.36. The molecule has 0 atom stereocenters. The molecule has 0 bridgehead atoms. The van der Waals surface area contributed by atoms with Crippen LogP contribution in [0, 0.1) is 0 Å². The zero-order valence-electron chi connectivity index (χ0n) is 17.4. The van der Waals surface area contributed by atoms with Crippen LogP contribution in [0.5, 0.6) is 5.75 Å². The fraction of sp³-hybridized carbons (Fsp3) is 0.391. The van der Waals surface area contributed by atoms with Crippen molar-refractivity contribution in [3.05, 3.63) is 63.8 Å². The van der Waals surface area contributed by atoms with Crippen LogP contribution in [0.3, 0.4) is 0 Å². The fourth-order valence-corrected chi connectivity index (χ4v) is 3.76. The molecule has 31 heavy (non-hydrogen) atoms. The molecule has 160 valence electrons. The second-order valence-corrected chi connectivity index (χ2v) is 8.31. The Morgan fingerprint density at radius 3 is 2.77 bits per heavy atom. The number of aromatic nitrogens is 3. The van der Waals surface area contributed by atoms with E-state index in [0.717, 1.165) is 54.6 Å². The van der Waals surface area contributed by atoms with Crippen LogP contribution in [-0.2, 0) is 13.0 Å². The molecule has 0 spiro atoms. The maximum Gasteiger partial charge on any atom is 0.270 e. The largest absolute Gasteiger partial charge is 0.486 e. The molecule has 8 heteroatoms. The SMILES string of the molecule is CCc1cc2ncc(CN3CC(Oc4ccc(C(=O)NC5CC5)nc4)C3)cc2[nH]c1=O. The van der Waals surface area contributed by atoms with E-state index in [2.05, 4.69) is 25.2 Å². The molecule has 3 aromatic heterocycles. The second kappa shape index (κ2) is 8.11. The van der Waals surface area contributed by atoms with Crippen LogP contribution in [-0.4, -0.2) is 51.0 Å². The van der Waals surface area contributed by atoms with E-state index < -0.39 is 0 Å². The lowest BCUT2D eigenvalue weighted by atomic mass is 10.1. The minimum atomic E-state index is -0.125. The summed E-state index contributed by atoms with van der Waals surface area (Å²) >= 11 is 0. The predicted octanol–water partition coefficient (Wildman–Crippen LogP) is 2.04. The molecular formula is C23H25N5O3. The molecule has 0 radical (unpaired) electrons. The molecule has 1 aliphatic carbocycles. The molecule has 3 aromatic rings. The number of nitrogens with zero attached hydrogens (tertiary/aromatic N) is 3. The zero-order chi connectivity index (χ0) is 21.4. The van der Waals surface area contributed by atoms with Gasteiger partial charge in [0.05, 0.1) is 17.2 Å². The first-order valence-electron chi connectivity index (χ1n) is 10.7. The van der Waals surface area contributed by atoms with E-state index in [1.807, 2.05) is 25.3 Å². The van der Waals surface area contributed by atoms with Crippen molar-refractivity contribution < 1.29 is 9.53 Å². The molecule has 0 aromatic carbocycles. The number of nitrogens with one attached hydrogen (secondary N) is 2. The summed E-state index contributed by atoms with van der Waals surface area (Å²) < 4.78 is 5.96. The summed E-state index contributed by atoms with van der Waals surface area (Å²) in [5, 5.41) is 2.93. The Hall–Kier alpha value is -3.26. The van der Waals surface area contributed by atoms with Crippen molar-refractivity contribution in [2.45, 2.75) is 44.9 Å². The summed E-state index contributed by atoms with van der Waals surface area (Å²) in [5.74, 6) is 0.546. The van der Waals surface area contributed by atoms with Crippen LogP contribution in [0.15, 0.2) is 41.5 Å². The number of amides is 1. The van der Waals surface area contributed by atoms with Gasteiger partial charge in [0.1, 0.15) is 17.5 Å². The van der Waals surface area contributed by atoms with E-state index in [0.29, 0.717) is 23.9 Å². The highest BCUT2D eigenvalue weighted by Gasteiger charge is 2.29. The number of carbonyl (C=O) groups excluding carboxylic acids is 1. The molecule has 4 heterocycles. The molecule has 8 nitrogen and oxygen atoms in total. The standard InChI is InChI=1S/C23H25N5O3/c1-2-15-8-20-21(27-22(15)29)7-14(9-24-20)11-28-12-18(13-28)31-17-5-6-19(25-10-17)23(30)26-16-3-4-16/h5-10,16,18H,2-4,11-13H2,1H3,(H,26,30)(H,27,29). The van der Waals surface area contributed by atoms with Crippen LogP contribution in [0.2, 0.25) is 0 Å². The van der Waals surface area contributed by atoms with Crippen molar-refractivity contribution in [1.82, 2.24) is 25.2 Å². The normalized spacial score (nSPS) is 16.8. The maximum atomic E-state index is 12.1. The van der Waals surface area contributed by atoms with E-state index >= 15 is 0 Å². The van der Waals surface area contributed by atoms with Gasteiger partial charge >= 0.3 is 0 Å². The van der Waals surface area contributed by atoms with Crippen molar-refractivity contribution in [3.8, 4) is 5.75 Å². The highest BCUT2D eigenvalue weighted by atomic mass is 16.5. The molecule has 1 amide bonds. The number of carbonyl (C=O) groups is 1. The van der Waals surface area contributed by atoms with Gasteiger partial charge in [0, 0.05) is 37.4 Å². The summed E-state index contributed by atoms with van der Waals surface area (Å²) in [6.45, 7) is 4.31. The van der Waals surface area contributed by atoms with Gasteiger partial charge < -0.3 is 15.0 Å². The van der Waals surface area contributed by atoms with Crippen LogP contribution in [0.1, 0.15) is 41.4 Å². The Kier molecular flexibility index (Phi) is 5.15. The summed E-state index contributed by atoms with van der Waals surface area (Å²) in [7, 11) is 0. The third-order valence-corrected chi connectivity index (χ3v) is 5.72. The molecule has 5 rings (SSSR count). The number of ether oxygens (including phenoxy) is 1. The zero-order valence-corrected chi connectivity index (χ0v) is 17.4. The van der Waals surface area contributed by atoms with Crippen molar-refractivity contribution in [1.29, 1.82) is 0 Å². The molecule has 1 saturated carbocycles. The van der Waals surface area contributed by atoms with Crippen molar-refractivity contribution in [2.24, 2.45) is 0 Å². The first-order chi connectivity index (χ1) is 15.1. The van der Waals surface area contributed by atoms with Gasteiger partial charge in [-0.15, -0.1) is 0 Å². The minimum Gasteiger partial charge on any atom is -0.486 e. The lowest BCUT2D eigenvalue weighted by molar-refractivity contribution is 0.0143. The van der Waals surface area contributed by atoms with Crippen molar-refractivity contribution >= 4 is 16.9 Å². The third-order valence-electron chi connectivity index (χ3n) is 5.72. The van der Waals surface area contributed by atoms with Crippen molar-refractivity contribution in [3.63, 3.8) is 0 Å². The van der Waals surface area contributed by atoms with Gasteiger partial charge in [0.2, 0.25) is 0 Å². The summed E-state index contributed by atoms with van der Waals surface area (Å²) in [6, 6.07) is 7.67. The Bertz CT molecular complexity index is 1160. The first kappa shape index (κ1) is 19.7. The topological polar surface area (TPSA) is 100 Å². The van der Waals surface area contributed by atoms with E-state index in [1.165, 1.54) is 0 Å². The number of fused-ring (bicyclic) bond motifs is 1. The highest BCUT2D eigenvalue weighted by molar-refractivity contribution is 5.92. The molecule has 2 aliphatic rings. The number of likely N-dealkylation sites (tertiary alicyclic amines) is 1. The van der Waals surface area contributed by atoms with Gasteiger partial charge in [0.25, 0.3) is 11.5 Å². The first-order valence-corrected chi connectivity index (χ1v) is 10.7. The Morgan fingerprint density at radius 2 is 2.06 bits per heavy atom.